The fraction of sp³-hybridized carbons (Fsp3) is 0.929. The van der Waals surface area contributed by atoms with Gasteiger partial charge in [0.15, 0.2) is 5.96 Å². The van der Waals surface area contributed by atoms with Gasteiger partial charge in [0.1, 0.15) is 0 Å². The summed E-state index contributed by atoms with van der Waals surface area (Å²) >= 11 is 0. The second kappa shape index (κ2) is 6.27. The molecule has 2 rings (SSSR count). The Labute approximate surface area is 105 Å². The lowest BCUT2D eigenvalue weighted by Crippen LogP contribution is -2.40. The van der Waals surface area contributed by atoms with E-state index in [-0.39, 0.29) is 0 Å². The molecule has 0 bridgehead atoms. The van der Waals surface area contributed by atoms with E-state index in [0.29, 0.717) is 6.04 Å². The van der Waals surface area contributed by atoms with Gasteiger partial charge in [0, 0.05) is 13.1 Å². The normalized spacial score (nSPS) is 22.8. The molecule has 2 aliphatic rings. The molecule has 2 saturated carbocycles. The molecule has 98 valence electrons. The van der Waals surface area contributed by atoms with Crippen molar-refractivity contribution in [2.45, 2.75) is 64.3 Å². The Morgan fingerprint density at radius 3 is 2.47 bits per heavy atom. The summed E-state index contributed by atoms with van der Waals surface area (Å²) in [5.74, 6) is 1.70. The number of nitrogens with zero attached hydrogens (tertiary/aromatic N) is 2. The second-order valence-corrected chi connectivity index (χ2v) is 5.67. The van der Waals surface area contributed by atoms with Gasteiger partial charge in [-0.2, -0.15) is 0 Å². The van der Waals surface area contributed by atoms with Crippen molar-refractivity contribution in [1.82, 2.24) is 4.90 Å². The smallest absolute Gasteiger partial charge is 0.191 e. The van der Waals surface area contributed by atoms with Crippen LogP contribution in [-0.2, 0) is 0 Å². The molecular formula is C14H27N3. The fourth-order valence-corrected chi connectivity index (χ4v) is 2.66. The molecule has 0 unspecified atom stereocenters. The van der Waals surface area contributed by atoms with E-state index in [0.717, 1.165) is 31.4 Å². The minimum Gasteiger partial charge on any atom is -0.370 e. The van der Waals surface area contributed by atoms with Gasteiger partial charge in [-0.25, -0.2) is 4.99 Å². The third-order valence-corrected chi connectivity index (χ3v) is 3.88. The molecule has 2 N–H and O–H groups in total. The van der Waals surface area contributed by atoms with Crippen LogP contribution in [0.25, 0.3) is 0 Å². The van der Waals surface area contributed by atoms with Crippen molar-refractivity contribution in [3.05, 3.63) is 0 Å². The van der Waals surface area contributed by atoms with Gasteiger partial charge in [-0.05, 0) is 38.0 Å². The van der Waals surface area contributed by atoms with Crippen molar-refractivity contribution in [1.29, 1.82) is 0 Å². The molecule has 0 aromatic carbocycles. The molecular weight excluding hydrogens is 210 g/mol. The molecule has 0 aromatic heterocycles. The number of aliphatic imine (C=N–C) groups is 1. The van der Waals surface area contributed by atoms with E-state index in [1.165, 1.54) is 44.9 Å². The Balaban J connectivity index is 1.87. The maximum absolute atomic E-state index is 6.19. The highest BCUT2D eigenvalue weighted by molar-refractivity contribution is 5.78. The van der Waals surface area contributed by atoms with E-state index in [1.54, 1.807) is 0 Å². The van der Waals surface area contributed by atoms with Crippen molar-refractivity contribution in [2.24, 2.45) is 16.6 Å². The summed E-state index contributed by atoms with van der Waals surface area (Å²) in [5, 5.41) is 0. The average molecular weight is 237 g/mol. The molecule has 0 aromatic rings. The summed E-state index contributed by atoms with van der Waals surface area (Å²) in [6.45, 7) is 4.42. The summed E-state index contributed by atoms with van der Waals surface area (Å²) < 4.78 is 0. The molecule has 0 atom stereocenters. The average Bonchev–Trinajstić information content (AvgIpc) is 3.14. The summed E-state index contributed by atoms with van der Waals surface area (Å²) in [5.41, 5.74) is 6.19. The largest absolute Gasteiger partial charge is 0.370 e. The van der Waals surface area contributed by atoms with Crippen molar-refractivity contribution in [3.8, 4) is 0 Å². The standard InChI is InChI=1S/C14H27N3/c1-2-10-17(11-12-8-9-12)14(15)16-13-6-4-3-5-7-13/h12-13H,2-11H2,1H3,(H2,15,16). The first-order valence-electron chi connectivity index (χ1n) is 7.37. The minimum atomic E-state index is 0.502. The number of rotatable bonds is 5. The predicted molar refractivity (Wildman–Crippen MR) is 73.1 cm³/mol. The number of hydrogen-bond donors (Lipinski definition) is 1. The Hall–Kier alpha value is -0.730. The van der Waals surface area contributed by atoms with Crippen LogP contribution in [0.3, 0.4) is 0 Å². The Morgan fingerprint density at radius 1 is 1.18 bits per heavy atom. The summed E-state index contributed by atoms with van der Waals surface area (Å²) in [6, 6.07) is 0.502. The summed E-state index contributed by atoms with van der Waals surface area (Å²) in [4.78, 5) is 7.07. The Morgan fingerprint density at radius 2 is 1.88 bits per heavy atom. The van der Waals surface area contributed by atoms with Crippen molar-refractivity contribution < 1.29 is 0 Å². The van der Waals surface area contributed by atoms with E-state index in [1.807, 2.05) is 0 Å². The third-order valence-electron chi connectivity index (χ3n) is 3.88. The summed E-state index contributed by atoms with van der Waals surface area (Å²) in [6.07, 6.45) is 10.5. The predicted octanol–water partition coefficient (Wildman–Crippen LogP) is 2.76. The molecule has 2 aliphatic carbocycles. The van der Waals surface area contributed by atoms with Crippen LogP contribution in [0.5, 0.6) is 0 Å². The lowest BCUT2D eigenvalue weighted by atomic mass is 9.96. The highest BCUT2D eigenvalue weighted by Crippen LogP contribution is 2.29. The van der Waals surface area contributed by atoms with E-state index in [4.69, 9.17) is 10.7 Å². The lowest BCUT2D eigenvalue weighted by Gasteiger charge is -2.25. The first kappa shape index (κ1) is 12.7. The molecule has 0 aliphatic heterocycles. The monoisotopic (exact) mass is 237 g/mol. The Bertz CT molecular complexity index is 252. The molecule has 0 spiro atoms. The first-order valence-corrected chi connectivity index (χ1v) is 7.37. The minimum absolute atomic E-state index is 0.502. The van der Waals surface area contributed by atoms with Crippen molar-refractivity contribution >= 4 is 5.96 Å². The topological polar surface area (TPSA) is 41.6 Å². The van der Waals surface area contributed by atoms with Crippen LogP contribution in [0.1, 0.15) is 58.3 Å². The van der Waals surface area contributed by atoms with Gasteiger partial charge in [0.2, 0.25) is 0 Å². The molecule has 0 saturated heterocycles. The van der Waals surface area contributed by atoms with Gasteiger partial charge in [-0.15, -0.1) is 0 Å². The van der Waals surface area contributed by atoms with E-state index >= 15 is 0 Å². The van der Waals surface area contributed by atoms with Gasteiger partial charge >= 0.3 is 0 Å². The SMILES string of the molecule is CCCN(CC1CC1)C(N)=NC1CCCCC1. The van der Waals surface area contributed by atoms with Crippen LogP contribution in [0.4, 0.5) is 0 Å². The van der Waals surface area contributed by atoms with Gasteiger partial charge in [0.05, 0.1) is 6.04 Å². The molecule has 0 heterocycles. The van der Waals surface area contributed by atoms with Gasteiger partial charge in [-0.3, -0.25) is 0 Å². The van der Waals surface area contributed by atoms with Crippen LogP contribution in [0.2, 0.25) is 0 Å². The first-order chi connectivity index (χ1) is 8.29. The quantitative estimate of drug-likeness (QED) is 0.590. The number of nitrogens with two attached hydrogens (primary N) is 1. The molecule has 3 heteroatoms. The van der Waals surface area contributed by atoms with Crippen LogP contribution < -0.4 is 5.73 Å². The van der Waals surface area contributed by atoms with Gasteiger partial charge < -0.3 is 10.6 Å². The molecule has 17 heavy (non-hydrogen) atoms. The summed E-state index contributed by atoms with van der Waals surface area (Å²) in [7, 11) is 0. The number of hydrogen-bond acceptors (Lipinski definition) is 1. The van der Waals surface area contributed by atoms with Gasteiger partial charge in [-0.1, -0.05) is 26.2 Å². The van der Waals surface area contributed by atoms with Crippen molar-refractivity contribution in [2.75, 3.05) is 13.1 Å². The third kappa shape index (κ3) is 4.21. The molecule has 0 radical (unpaired) electrons. The lowest BCUT2D eigenvalue weighted by molar-refractivity contribution is 0.382. The van der Waals surface area contributed by atoms with E-state index in [9.17, 15) is 0 Å². The Kier molecular flexibility index (Phi) is 4.69. The second-order valence-electron chi connectivity index (χ2n) is 5.67. The zero-order valence-corrected chi connectivity index (χ0v) is 11.2. The van der Waals surface area contributed by atoms with Crippen molar-refractivity contribution in [3.63, 3.8) is 0 Å². The van der Waals surface area contributed by atoms with Crippen LogP contribution in [-0.4, -0.2) is 30.0 Å². The van der Waals surface area contributed by atoms with Crippen LogP contribution >= 0.6 is 0 Å². The van der Waals surface area contributed by atoms with Crippen LogP contribution in [0, 0.1) is 5.92 Å². The molecule has 3 nitrogen and oxygen atoms in total. The number of guanidine groups is 1. The highest BCUT2D eigenvalue weighted by atomic mass is 15.3. The van der Waals surface area contributed by atoms with Gasteiger partial charge in [0.25, 0.3) is 0 Å². The van der Waals surface area contributed by atoms with Crippen LogP contribution in [0.15, 0.2) is 4.99 Å². The highest BCUT2D eigenvalue weighted by Gasteiger charge is 2.25. The fourth-order valence-electron chi connectivity index (χ4n) is 2.66. The maximum Gasteiger partial charge on any atom is 0.191 e. The molecule has 2 fully saturated rings. The zero-order valence-electron chi connectivity index (χ0n) is 11.2. The van der Waals surface area contributed by atoms with E-state index in [2.05, 4.69) is 11.8 Å². The molecule has 0 amide bonds. The van der Waals surface area contributed by atoms with E-state index < -0.39 is 0 Å². The maximum atomic E-state index is 6.19. The zero-order chi connectivity index (χ0) is 12.1.